The second-order valence-corrected chi connectivity index (χ2v) is 9.36. The van der Waals surface area contributed by atoms with Gasteiger partial charge in [0.05, 0.1) is 18.3 Å². The molecule has 7 heteroatoms. The van der Waals surface area contributed by atoms with Crippen molar-refractivity contribution in [2.24, 2.45) is 11.7 Å². The molecule has 0 fully saturated rings. The predicted octanol–water partition coefficient (Wildman–Crippen LogP) is 4.77. The summed E-state index contributed by atoms with van der Waals surface area (Å²) in [7, 11) is 0. The lowest BCUT2D eigenvalue weighted by molar-refractivity contribution is -0.121. The van der Waals surface area contributed by atoms with E-state index in [1.807, 2.05) is 19.9 Å². The maximum absolute atomic E-state index is 13.5. The number of carbonyl (C=O) groups is 2. The molecular weight excluding hydrogens is 457 g/mol. The molecule has 2 atom stereocenters. The number of halogens is 1. The largest absolute Gasteiger partial charge is 0.490 e. The number of hydrogen-bond donors (Lipinski definition) is 2. The third kappa shape index (κ3) is 6.22. The van der Waals surface area contributed by atoms with Crippen LogP contribution in [0, 0.1) is 11.7 Å². The average Bonchev–Trinajstić information content (AvgIpc) is 2.87. The summed E-state index contributed by atoms with van der Waals surface area (Å²) in [5, 5.41) is 2.93. The third-order valence-electron chi connectivity index (χ3n) is 6.63. The molecule has 4 rings (SSSR count). The molecule has 0 spiro atoms. The van der Waals surface area contributed by atoms with Crippen molar-refractivity contribution in [3.63, 3.8) is 0 Å². The Labute approximate surface area is 211 Å². The van der Waals surface area contributed by atoms with Gasteiger partial charge < -0.3 is 20.7 Å². The van der Waals surface area contributed by atoms with Crippen LogP contribution in [0.3, 0.4) is 0 Å². The molecule has 188 valence electrons. The van der Waals surface area contributed by atoms with Gasteiger partial charge in [0.1, 0.15) is 18.2 Å². The Bertz CT molecular complexity index is 1230. The second kappa shape index (κ2) is 11.2. The van der Waals surface area contributed by atoms with Crippen molar-refractivity contribution < 1.29 is 18.7 Å². The summed E-state index contributed by atoms with van der Waals surface area (Å²) in [5.41, 5.74) is 9.84. The molecule has 0 saturated heterocycles. The predicted molar refractivity (Wildman–Crippen MR) is 138 cm³/mol. The van der Waals surface area contributed by atoms with Crippen LogP contribution in [0.25, 0.3) is 0 Å². The summed E-state index contributed by atoms with van der Waals surface area (Å²) in [4.78, 5) is 26.3. The molecule has 0 aromatic heterocycles. The number of ether oxygens (including phenoxy) is 1. The molecule has 0 saturated carbocycles. The van der Waals surface area contributed by atoms with Crippen LogP contribution in [0.5, 0.6) is 5.75 Å². The second-order valence-electron chi connectivity index (χ2n) is 9.36. The number of nitrogens with two attached hydrogens (primary N) is 1. The van der Waals surface area contributed by atoms with Gasteiger partial charge in [-0.05, 0) is 66.8 Å². The molecule has 3 aromatic carbocycles. The smallest absolute Gasteiger partial charge is 0.251 e. The van der Waals surface area contributed by atoms with Gasteiger partial charge in [0, 0.05) is 18.0 Å². The highest BCUT2D eigenvalue weighted by molar-refractivity contribution is 5.95. The Morgan fingerprint density at radius 1 is 1.06 bits per heavy atom. The van der Waals surface area contributed by atoms with Crippen LogP contribution in [0.1, 0.15) is 53.4 Å². The van der Waals surface area contributed by atoms with Crippen molar-refractivity contribution in [1.82, 2.24) is 5.32 Å². The number of primary amides is 1. The Morgan fingerprint density at radius 3 is 2.53 bits per heavy atom. The standard InChI is InChI=1S/C29H32FN3O3/c1-19(28(31)34)6-7-21-8-10-22(11-9-21)18-33-14-15-36-27-17-24(12-13-26(27)33)29(35)32-20(2)23-4-3-5-25(30)16-23/h3-5,8-13,16-17,19-20H,6-7,14-15,18H2,1-2H3,(H2,31,34)(H,32,35). The van der Waals surface area contributed by atoms with Crippen LogP contribution < -0.4 is 20.7 Å². The molecule has 0 radical (unpaired) electrons. The van der Waals surface area contributed by atoms with Crippen molar-refractivity contribution in [2.45, 2.75) is 39.3 Å². The van der Waals surface area contributed by atoms with Gasteiger partial charge in [0.2, 0.25) is 5.91 Å². The normalized spacial score (nSPS) is 14.4. The van der Waals surface area contributed by atoms with E-state index in [0.717, 1.165) is 31.6 Å². The third-order valence-corrected chi connectivity index (χ3v) is 6.63. The Kier molecular flexibility index (Phi) is 7.88. The van der Waals surface area contributed by atoms with Crippen LogP contribution in [0.4, 0.5) is 10.1 Å². The van der Waals surface area contributed by atoms with E-state index in [1.165, 1.54) is 23.3 Å². The number of amides is 2. The summed E-state index contributed by atoms with van der Waals surface area (Å²) < 4.78 is 19.4. The van der Waals surface area contributed by atoms with E-state index in [9.17, 15) is 14.0 Å². The van der Waals surface area contributed by atoms with Crippen molar-refractivity contribution in [3.8, 4) is 5.75 Å². The summed E-state index contributed by atoms with van der Waals surface area (Å²) in [6.07, 6.45) is 1.55. The van der Waals surface area contributed by atoms with Gasteiger partial charge in [-0.1, -0.05) is 43.3 Å². The first-order chi connectivity index (χ1) is 17.3. The highest BCUT2D eigenvalue weighted by Crippen LogP contribution is 2.33. The number of fused-ring (bicyclic) bond motifs is 1. The maximum atomic E-state index is 13.5. The zero-order chi connectivity index (χ0) is 25.7. The van der Waals surface area contributed by atoms with Gasteiger partial charge in [-0.2, -0.15) is 0 Å². The van der Waals surface area contributed by atoms with Crippen LogP contribution in [-0.4, -0.2) is 25.0 Å². The summed E-state index contributed by atoms with van der Waals surface area (Å²) in [6, 6.07) is 19.8. The zero-order valence-corrected chi connectivity index (χ0v) is 20.7. The molecule has 3 aromatic rings. The fraction of sp³-hybridized carbons (Fsp3) is 0.310. The van der Waals surface area contributed by atoms with Gasteiger partial charge in [-0.25, -0.2) is 4.39 Å². The average molecular weight is 490 g/mol. The number of carbonyl (C=O) groups excluding carboxylic acids is 2. The van der Waals surface area contributed by atoms with Crippen molar-refractivity contribution in [1.29, 1.82) is 0 Å². The lowest BCUT2D eigenvalue weighted by atomic mass is 10.00. The number of hydrogen-bond acceptors (Lipinski definition) is 4. The molecule has 1 aliphatic rings. The van der Waals surface area contributed by atoms with E-state index in [1.54, 1.807) is 24.3 Å². The van der Waals surface area contributed by atoms with E-state index in [4.69, 9.17) is 10.5 Å². The summed E-state index contributed by atoms with van der Waals surface area (Å²) in [6.45, 7) is 5.67. The summed E-state index contributed by atoms with van der Waals surface area (Å²) in [5.74, 6) is -0.297. The first-order valence-electron chi connectivity index (χ1n) is 12.3. The minimum absolute atomic E-state index is 0.133. The lowest BCUT2D eigenvalue weighted by Gasteiger charge is -2.31. The summed E-state index contributed by atoms with van der Waals surface area (Å²) >= 11 is 0. The fourth-order valence-corrected chi connectivity index (χ4v) is 4.28. The lowest BCUT2D eigenvalue weighted by Crippen LogP contribution is -2.32. The van der Waals surface area contributed by atoms with Crippen molar-refractivity contribution in [3.05, 3.63) is 94.8 Å². The van der Waals surface area contributed by atoms with Crippen LogP contribution in [0.2, 0.25) is 0 Å². The topological polar surface area (TPSA) is 84.7 Å². The number of nitrogens with one attached hydrogen (secondary N) is 1. The van der Waals surface area contributed by atoms with Gasteiger partial charge in [0.15, 0.2) is 0 Å². The monoisotopic (exact) mass is 489 g/mol. The van der Waals surface area contributed by atoms with E-state index >= 15 is 0 Å². The van der Waals surface area contributed by atoms with Crippen molar-refractivity contribution in [2.75, 3.05) is 18.1 Å². The Balaban J connectivity index is 1.40. The van der Waals surface area contributed by atoms with Gasteiger partial charge >= 0.3 is 0 Å². The first kappa shape index (κ1) is 25.2. The SMILES string of the molecule is CC(CCc1ccc(CN2CCOc3cc(C(=O)NC(C)c4cccc(F)c4)ccc32)cc1)C(N)=O. The molecule has 2 amide bonds. The first-order valence-corrected chi connectivity index (χ1v) is 12.3. The number of aryl methyl sites for hydroxylation is 1. The molecule has 3 N–H and O–H groups in total. The van der Waals surface area contributed by atoms with E-state index < -0.39 is 0 Å². The van der Waals surface area contributed by atoms with Gasteiger partial charge in [-0.15, -0.1) is 0 Å². The van der Waals surface area contributed by atoms with Crippen molar-refractivity contribution >= 4 is 17.5 Å². The minimum Gasteiger partial charge on any atom is -0.490 e. The van der Waals surface area contributed by atoms with Crippen LogP contribution in [-0.2, 0) is 17.8 Å². The van der Waals surface area contributed by atoms with E-state index in [0.29, 0.717) is 23.5 Å². The molecule has 1 aliphatic heterocycles. The van der Waals surface area contributed by atoms with E-state index in [2.05, 4.69) is 34.5 Å². The zero-order valence-electron chi connectivity index (χ0n) is 20.7. The highest BCUT2D eigenvalue weighted by Gasteiger charge is 2.21. The fourth-order valence-electron chi connectivity index (χ4n) is 4.28. The van der Waals surface area contributed by atoms with Crippen LogP contribution in [0.15, 0.2) is 66.7 Å². The molecule has 1 heterocycles. The number of rotatable bonds is 9. The number of anilines is 1. The Hall–Kier alpha value is -3.87. The minimum atomic E-state index is -0.330. The molecule has 0 aliphatic carbocycles. The number of nitrogens with zero attached hydrogens (tertiary/aromatic N) is 1. The molecule has 2 unspecified atom stereocenters. The van der Waals surface area contributed by atoms with Gasteiger partial charge in [0.25, 0.3) is 5.91 Å². The molecule has 0 bridgehead atoms. The number of benzene rings is 3. The maximum Gasteiger partial charge on any atom is 0.251 e. The quantitative estimate of drug-likeness (QED) is 0.454. The molecular formula is C29H32FN3O3. The van der Waals surface area contributed by atoms with E-state index in [-0.39, 0.29) is 29.6 Å². The highest BCUT2D eigenvalue weighted by atomic mass is 19.1. The van der Waals surface area contributed by atoms with Crippen LogP contribution >= 0.6 is 0 Å². The molecule has 36 heavy (non-hydrogen) atoms. The Morgan fingerprint density at radius 2 is 1.81 bits per heavy atom. The van der Waals surface area contributed by atoms with Gasteiger partial charge in [-0.3, -0.25) is 9.59 Å². The molecule has 6 nitrogen and oxygen atoms in total.